The SMILES string of the molecule is CCNC(c1ccc(CC)cc1)C(C)Sc1ccccc1. The maximum Gasteiger partial charge on any atom is 0.0441 e. The van der Waals surface area contributed by atoms with E-state index < -0.39 is 0 Å². The highest BCUT2D eigenvalue weighted by Crippen LogP contribution is 2.32. The molecule has 2 atom stereocenters. The molecule has 0 aliphatic carbocycles. The van der Waals surface area contributed by atoms with Crippen LogP contribution in [0.3, 0.4) is 0 Å². The predicted molar refractivity (Wildman–Crippen MR) is 94.0 cm³/mol. The van der Waals surface area contributed by atoms with Gasteiger partial charge in [-0.15, -0.1) is 11.8 Å². The second-order valence-electron chi connectivity index (χ2n) is 5.27. The summed E-state index contributed by atoms with van der Waals surface area (Å²) in [5.74, 6) is 0. The van der Waals surface area contributed by atoms with Crippen molar-refractivity contribution < 1.29 is 0 Å². The lowest BCUT2D eigenvalue weighted by Crippen LogP contribution is -2.28. The highest BCUT2D eigenvalue weighted by Gasteiger charge is 2.19. The molecule has 0 bridgehead atoms. The van der Waals surface area contributed by atoms with Gasteiger partial charge in [0.25, 0.3) is 0 Å². The molecule has 2 unspecified atom stereocenters. The summed E-state index contributed by atoms with van der Waals surface area (Å²) in [5.41, 5.74) is 2.78. The fraction of sp³-hybridized carbons (Fsp3) is 0.368. The normalized spacial score (nSPS) is 13.9. The number of hydrogen-bond acceptors (Lipinski definition) is 2. The van der Waals surface area contributed by atoms with E-state index in [2.05, 4.69) is 80.7 Å². The van der Waals surface area contributed by atoms with Gasteiger partial charge in [-0.1, -0.05) is 63.2 Å². The molecule has 1 N–H and O–H groups in total. The van der Waals surface area contributed by atoms with Crippen LogP contribution < -0.4 is 5.32 Å². The number of benzene rings is 2. The van der Waals surface area contributed by atoms with E-state index in [0.717, 1.165) is 13.0 Å². The lowest BCUT2D eigenvalue weighted by Gasteiger charge is -2.25. The van der Waals surface area contributed by atoms with E-state index in [4.69, 9.17) is 0 Å². The summed E-state index contributed by atoms with van der Waals surface area (Å²) < 4.78 is 0. The number of aryl methyl sites for hydroxylation is 1. The molecule has 2 heteroatoms. The smallest absolute Gasteiger partial charge is 0.0441 e. The van der Waals surface area contributed by atoms with Gasteiger partial charge in [0.2, 0.25) is 0 Å². The minimum Gasteiger partial charge on any atom is -0.309 e. The second-order valence-corrected chi connectivity index (χ2v) is 6.72. The topological polar surface area (TPSA) is 12.0 Å². The highest BCUT2D eigenvalue weighted by atomic mass is 32.2. The van der Waals surface area contributed by atoms with Crippen molar-refractivity contribution in [2.75, 3.05) is 6.54 Å². The van der Waals surface area contributed by atoms with Crippen molar-refractivity contribution in [3.63, 3.8) is 0 Å². The van der Waals surface area contributed by atoms with Crippen LogP contribution in [0.2, 0.25) is 0 Å². The van der Waals surface area contributed by atoms with Crippen LogP contribution in [-0.4, -0.2) is 11.8 Å². The van der Waals surface area contributed by atoms with Gasteiger partial charge in [-0.25, -0.2) is 0 Å². The molecule has 1 nitrogen and oxygen atoms in total. The standard InChI is InChI=1S/C19H25NS/c1-4-16-11-13-17(14-12-16)19(20-5-2)15(3)21-18-9-7-6-8-10-18/h6-15,19-20H,4-5H2,1-3H3. The monoisotopic (exact) mass is 299 g/mol. The van der Waals surface area contributed by atoms with Crippen LogP contribution in [0.25, 0.3) is 0 Å². The molecule has 2 aromatic carbocycles. The van der Waals surface area contributed by atoms with E-state index in [9.17, 15) is 0 Å². The van der Waals surface area contributed by atoms with Gasteiger partial charge in [0, 0.05) is 16.2 Å². The largest absolute Gasteiger partial charge is 0.309 e. The molecule has 0 saturated heterocycles. The van der Waals surface area contributed by atoms with Crippen molar-refractivity contribution in [3.05, 3.63) is 65.7 Å². The van der Waals surface area contributed by atoms with Crippen molar-refractivity contribution in [1.29, 1.82) is 0 Å². The van der Waals surface area contributed by atoms with Crippen molar-refractivity contribution >= 4 is 11.8 Å². The highest BCUT2D eigenvalue weighted by molar-refractivity contribution is 8.00. The van der Waals surface area contributed by atoms with Gasteiger partial charge in [0.15, 0.2) is 0 Å². The van der Waals surface area contributed by atoms with E-state index in [-0.39, 0.29) is 0 Å². The molecule has 2 rings (SSSR count). The Morgan fingerprint density at radius 3 is 2.19 bits per heavy atom. The lowest BCUT2D eigenvalue weighted by molar-refractivity contribution is 0.548. The summed E-state index contributed by atoms with van der Waals surface area (Å²) in [6.45, 7) is 7.66. The van der Waals surface area contributed by atoms with E-state index >= 15 is 0 Å². The van der Waals surface area contributed by atoms with Crippen LogP contribution in [0.5, 0.6) is 0 Å². The van der Waals surface area contributed by atoms with Crippen LogP contribution in [0, 0.1) is 0 Å². The van der Waals surface area contributed by atoms with Gasteiger partial charge < -0.3 is 5.32 Å². The molecule has 0 radical (unpaired) electrons. The molecule has 0 heterocycles. The van der Waals surface area contributed by atoms with Crippen molar-refractivity contribution in [1.82, 2.24) is 5.32 Å². The van der Waals surface area contributed by atoms with Crippen molar-refractivity contribution in [2.45, 2.75) is 43.4 Å². The molecular weight excluding hydrogens is 274 g/mol. The van der Waals surface area contributed by atoms with Crippen molar-refractivity contribution in [2.24, 2.45) is 0 Å². The Morgan fingerprint density at radius 1 is 0.952 bits per heavy atom. The Balaban J connectivity index is 2.13. The first kappa shape index (κ1) is 16.1. The van der Waals surface area contributed by atoms with Crippen LogP contribution in [-0.2, 0) is 6.42 Å². The maximum atomic E-state index is 3.64. The molecule has 0 spiro atoms. The Bertz CT molecular complexity index is 521. The molecule has 112 valence electrons. The average molecular weight is 299 g/mol. The summed E-state index contributed by atoms with van der Waals surface area (Å²) in [5, 5.41) is 4.12. The molecule has 0 aromatic heterocycles. The van der Waals surface area contributed by atoms with E-state index in [1.165, 1.54) is 16.0 Å². The van der Waals surface area contributed by atoms with Crippen LogP contribution in [0.1, 0.15) is 37.9 Å². The van der Waals surface area contributed by atoms with Crippen molar-refractivity contribution in [3.8, 4) is 0 Å². The Labute approximate surface area is 133 Å². The van der Waals surface area contributed by atoms with E-state index in [1.54, 1.807) is 0 Å². The van der Waals surface area contributed by atoms with Crippen LogP contribution >= 0.6 is 11.8 Å². The molecule has 0 saturated carbocycles. The summed E-state index contributed by atoms with van der Waals surface area (Å²) in [7, 11) is 0. The van der Waals surface area contributed by atoms with Gasteiger partial charge in [-0.05, 0) is 36.2 Å². The third kappa shape index (κ3) is 4.62. The van der Waals surface area contributed by atoms with Gasteiger partial charge in [0.05, 0.1) is 0 Å². The maximum absolute atomic E-state index is 3.64. The van der Waals surface area contributed by atoms with Gasteiger partial charge in [-0.2, -0.15) is 0 Å². The Hall–Kier alpha value is -1.25. The lowest BCUT2D eigenvalue weighted by atomic mass is 10.0. The first-order valence-corrected chi connectivity index (χ1v) is 8.66. The molecule has 0 fully saturated rings. The number of nitrogens with one attached hydrogen (secondary N) is 1. The molecule has 0 aliphatic rings. The molecule has 0 amide bonds. The minimum atomic E-state index is 0.381. The number of hydrogen-bond donors (Lipinski definition) is 1. The quantitative estimate of drug-likeness (QED) is 0.715. The first-order chi connectivity index (χ1) is 10.2. The third-order valence-corrected chi connectivity index (χ3v) is 4.89. The molecule has 21 heavy (non-hydrogen) atoms. The molecular formula is C19H25NS. The predicted octanol–water partition coefficient (Wildman–Crippen LogP) is 5.08. The zero-order valence-electron chi connectivity index (χ0n) is 13.2. The Kier molecular flexibility index (Phi) is 6.34. The first-order valence-electron chi connectivity index (χ1n) is 7.78. The third-order valence-electron chi connectivity index (χ3n) is 3.71. The van der Waals surface area contributed by atoms with Gasteiger partial charge in [-0.3, -0.25) is 0 Å². The van der Waals surface area contributed by atoms with E-state index in [1.807, 2.05) is 11.8 Å². The minimum absolute atomic E-state index is 0.381. The van der Waals surface area contributed by atoms with Gasteiger partial charge in [0.1, 0.15) is 0 Å². The zero-order valence-corrected chi connectivity index (χ0v) is 14.0. The molecule has 0 aliphatic heterocycles. The average Bonchev–Trinajstić information content (AvgIpc) is 2.53. The zero-order chi connectivity index (χ0) is 15.1. The van der Waals surface area contributed by atoms with Gasteiger partial charge >= 0.3 is 0 Å². The summed E-state index contributed by atoms with van der Waals surface area (Å²) >= 11 is 1.93. The number of rotatable bonds is 7. The number of thioether (sulfide) groups is 1. The fourth-order valence-corrected chi connectivity index (χ4v) is 3.65. The summed E-state index contributed by atoms with van der Waals surface area (Å²) in [6.07, 6.45) is 1.10. The van der Waals surface area contributed by atoms with Crippen LogP contribution in [0.4, 0.5) is 0 Å². The van der Waals surface area contributed by atoms with Crippen LogP contribution in [0.15, 0.2) is 59.5 Å². The van der Waals surface area contributed by atoms with E-state index in [0.29, 0.717) is 11.3 Å². The molecule has 2 aromatic rings. The summed E-state index contributed by atoms with van der Waals surface area (Å²) in [6, 6.07) is 20.1. The fourth-order valence-electron chi connectivity index (χ4n) is 2.52. The Morgan fingerprint density at radius 2 is 1.62 bits per heavy atom. The summed E-state index contributed by atoms with van der Waals surface area (Å²) in [4.78, 5) is 1.33. The second kappa shape index (κ2) is 8.26.